The lowest BCUT2D eigenvalue weighted by molar-refractivity contribution is 0.355. The number of ether oxygens (including phenoxy) is 2. The monoisotopic (exact) mass is 316 g/mol. The summed E-state index contributed by atoms with van der Waals surface area (Å²) in [5.41, 5.74) is 1.34. The number of hydrogen-bond acceptors (Lipinski definition) is 5. The Morgan fingerprint density at radius 1 is 0.864 bits per heavy atom. The van der Waals surface area contributed by atoms with Gasteiger partial charge in [-0.15, -0.1) is 10.2 Å². The maximum Gasteiger partial charge on any atom is 0.252 e. The first kappa shape index (κ1) is 14.4. The molecule has 0 aliphatic heterocycles. The molecule has 0 fully saturated rings. The fourth-order valence-electron chi connectivity index (χ4n) is 2.13. The Hall–Kier alpha value is -2.53. The van der Waals surface area contributed by atoms with Crippen molar-refractivity contribution in [3.05, 3.63) is 47.5 Å². The van der Waals surface area contributed by atoms with Gasteiger partial charge in [-0.25, -0.2) is 0 Å². The Labute approximate surface area is 132 Å². The molecule has 0 saturated carbocycles. The smallest absolute Gasteiger partial charge is 0.252 e. The molecule has 3 rings (SSSR count). The SMILES string of the molecule is COc1cccc(-c2nnc(-c3ccccc3Cl)o2)c1OC. The molecule has 1 aromatic heterocycles. The predicted molar refractivity (Wildman–Crippen MR) is 83.3 cm³/mol. The summed E-state index contributed by atoms with van der Waals surface area (Å²) >= 11 is 6.15. The van der Waals surface area contributed by atoms with Gasteiger partial charge < -0.3 is 13.9 Å². The van der Waals surface area contributed by atoms with Gasteiger partial charge in [-0.3, -0.25) is 0 Å². The molecule has 1 heterocycles. The second-order valence-electron chi connectivity index (χ2n) is 4.43. The number of para-hydroxylation sites is 1. The van der Waals surface area contributed by atoms with Crippen LogP contribution in [0.25, 0.3) is 22.9 Å². The van der Waals surface area contributed by atoms with E-state index in [-0.39, 0.29) is 0 Å². The van der Waals surface area contributed by atoms with Crippen LogP contribution in [0.2, 0.25) is 5.02 Å². The van der Waals surface area contributed by atoms with Gasteiger partial charge in [0.2, 0.25) is 5.89 Å². The van der Waals surface area contributed by atoms with Gasteiger partial charge in [0.05, 0.1) is 30.4 Å². The summed E-state index contributed by atoms with van der Waals surface area (Å²) in [6.45, 7) is 0. The van der Waals surface area contributed by atoms with Crippen LogP contribution in [0.5, 0.6) is 11.5 Å². The largest absolute Gasteiger partial charge is 0.493 e. The first-order chi connectivity index (χ1) is 10.7. The van der Waals surface area contributed by atoms with Gasteiger partial charge in [-0.05, 0) is 24.3 Å². The van der Waals surface area contributed by atoms with Crippen molar-refractivity contribution in [1.29, 1.82) is 0 Å². The number of rotatable bonds is 4. The van der Waals surface area contributed by atoms with E-state index in [0.29, 0.717) is 39.4 Å². The van der Waals surface area contributed by atoms with E-state index in [1.165, 1.54) is 0 Å². The Kier molecular flexibility index (Phi) is 3.98. The Bertz CT molecular complexity index is 802. The lowest BCUT2D eigenvalue weighted by atomic mass is 10.2. The van der Waals surface area contributed by atoms with Crippen molar-refractivity contribution in [2.45, 2.75) is 0 Å². The van der Waals surface area contributed by atoms with E-state index in [4.69, 9.17) is 25.5 Å². The van der Waals surface area contributed by atoms with E-state index < -0.39 is 0 Å². The zero-order valence-electron chi connectivity index (χ0n) is 12.0. The standard InChI is InChI=1S/C16H13ClN2O3/c1-20-13-9-5-7-11(14(13)21-2)16-19-18-15(22-16)10-6-3-4-8-12(10)17/h3-9H,1-2H3. The average Bonchev–Trinajstić information content (AvgIpc) is 3.04. The number of hydrogen-bond donors (Lipinski definition) is 0. The van der Waals surface area contributed by atoms with Gasteiger partial charge in [-0.2, -0.15) is 0 Å². The molecule has 0 unspecified atom stereocenters. The molecular weight excluding hydrogens is 304 g/mol. The summed E-state index contributed by atoms with van der Waals surface area (Å²) in [7, 11) is 3.14. The van der Waals surface area contributed by atoms with Crippen molar-refractivity contribution in [3.63, 3.8) is 0 Å². The topological polar surface area (TPSA) is 57.4 Å². The van der Waals surface area contributed by atoms with E-state index in [9.17, 15) is 0 Å². The third-order valence-corrected chi connectivity index (χ3v) is 3.49. The van der Waals surface area contributed by atoms with Gasteiger partial charge in [0.15, 0.2) is 11.5 Å². The molecule has 112 valence electrons. The third-order valence-electron chi connectivity index (χ3n) is 3.16. The summed E-state index contributed by atoms with van der Waals surface area (Å²) in [4.78, 5) is 0. The maximum absolute atomic E-state index is 6.15. The van der Waals surface area contributed by atoms with Crippen molar-refractivity contribution in [2.24, 2.45) is 0 Å². The van der Waals surface area contributed by atoms with Gasteiger partial charge in [-0.1, -0.05) is 29.8 Å². The van der Waals surface area contributed by atoms with Crippen LogP contribution in [-0.4, -0.2) is 24.4 Å². The molecule has 0 aliphatic rings. The van der Waals surface area contributed by atoms with Crippen LogP contribution >= 0.6 is 11.6 Å². The molecule has 2 aromatic carbocycles. The first-order valence-corrected chi connectivity index (χ1v) is 6.92. The molecule has 5 nitrogen and oxygen atoms in total. The molecule has 0 saturated heterocycles. The van der Waals surface area contributed by atoms with Gasteiger partial charge in [0.1, 0.15) is 0 Å². The maximum atomic E-state index is 6.15. The molecule has 0 spiro atoms. The molecule has 0 atom stereocenters. The minimum atomic E-state index is 0.339. The minimum Gasteiger partial charge on any atom is -0.493 e. The van der Waals surface area contributed by atoms with Gasteiger partial charge >= 0.3 is 0 Å². The third kappa shape index (κ3) is 2.51. The van der Waals surface area contributed by atoms with Crippen LogP contribution in [0.4, 0.5) is 0 Å². The summed E-state index contributed by atoms with van der Waals surface area (Å²) < 4.78 is 16.4. The normalized spacial score (nSPS) is 10.5. The molecular formula is C16H13ClN2O3. The highest BCUT2D eigenvalue weighted by atomic mass is 35.5. The highest BCUT2D eigenvalue weighted by molar-refractivity contribution is 6.33. The van der Waals surface area contributed by atoms with Crippen LogP contribution in [0.15, 0.2) is 46.9 Å². The van der Waals surface area contributed by atoms with Crippen LogP contribution < -0.4 is 9.47 Å². The van der Waals surface area contributed by atoms with Crippen molar-refractivity contribution >= 4 is 11.6 Å². The second-order valence-corrected chi connectivity index (χ2v) is 4.84. The molecule has 0 radical (unpaired) electrons. The van der Waals surface area contributed by atoms with Crippen LogP contribution in [0.1, 0.15) is 0 Å². The number of benzene rings is 2. The highest BCUT2D eigenvalue weighted by Crippen LogP contribution is 2.38. The molecule has 0 aliphatic carbocycles. The Morgan fingerprint density at radius 3 is 2.23 bits per heavy atom. The molecule has 0 N–H and O–H groups in total. The number of aromatic nitrogens is 2. The zero-order chi connectivity index (χ0) is 15.5. The quantitative estimate of drug-likeness (QED) is 0.726. The Balaban J connectivity index is 2.07. The van der Waals surface area contributed by atoms with Crippen molar-refractivity contribution in [2.75, 3.05) is 14.2 Å². The van der Waals surface area contributed by atoms with E-state index in [1.54, 1.807) is 26.4 Å². The van der Waals surface area contributed by atoms with Crippen molar-refractivity contribution in [1.82, 2.24) is 10.2 Å². The predicted octanol–water partition coefficient (Wildman–Crippen LogP) is 4.07. The lowest BCUT2D eigenvalue weighted by Crippen LogP contribution is -1.93. The van der Waals surface area contributed by atoms with E-state index in [2.05, 4.69) is 10.2 Å². The summed E-state index contributed by atoms with van der Waals surface area (Å²) in [6.07, 6.45) is 0. The molecule has 22 heavy (non-hydrogen) atoms. The molecule has 6 heteroatoms. The average molecular weight is 317 g/mol. The molecule has 3 aromatic rings. The summed E-state index contributed by atoms with van der Waals surface area (Å²) in [5.74, 6) is 1.83. The molecule has 0 amide bonds. The Morgan fingerprint density at radius 2 is 1.55 bits per heavy atom. The van der Waals surface area contributed by atoms with Crippen LogP contribution in [0.3, 0.4) is 0 Å². The highest BCUT2D eigenvalue weighted by Gasteiger charge is 2.18. The number of methoxy groups -OCH3 is 2. The zero-order valence-corrected chi connectivity index (χ0v) is 12.8. The fourth-order valence-corrected chi connectivity index (χ4v) is 2.35. The second kappa shape index (κ2) is 6.07. The molecule has 0 bridgehead atoms. The van der Waals surface area contributed by atoms with E-state index in [1.807, 2.05) is 30.3 Å². The summed E-state index contributed by atoms with van der Waals surface area (Å²) in [6, 6.07) is 12.7. The van der Waals surface area contributed by atoms with E-state index in [0.717, 1.165) is 0 Å². The van der Waals surface area contributed by atoms with Crippen LogP contribution in [-0.2, 0) is 0 Å². The lowest BCUT2D eigenvalue weighted by Gasteiger charge is -2.09. The van der Waals surface area contributed by atoms with Crippen molar-refractivity contribution < 1.29 is 13.9 Å². The van der Waals surface area contributed by atoms with Crippen LogP contribution in [0, 0.1) is 0 Å². The number of halogens is 1. The van der Waals surface area contributed by atoms with E-state index >= 15 is 0 Å². The van der Waals surface area contributed by atoms with Crippen molar-refractivity contribution in [3.8, 4) is 34.4 Å². The fraction of sp³-hybridized carbons (Fsp3) is 0.125. The number of nitrogens with zero attached hydrogens (tertiary/aromatic N) is 2. The van der Waals surface area contributed by atoms with Gasteiger partial charge in [0, 0.05) is 0 Å². The minimum absolute atomic E-state index is 0.339. The van der Waals surface area contributed by atoms with Gasteiger partial charge in [0.25, 0.3) is 5.89 Å². The first-order valence-electron chi connectivity index (χ1n) is 6.54. The summed E-state index contributed by atoms with van der Waals surface area (Å²) in [5, 5.41) is 8.69.